The Kier molecular flexibility index (Phi) is 5.02. The Morgan fingerprint density at radius 3 is 2.37 bits per heavy atom. The Labute approximate surface area is 171 Å². The van der Waals surface area contributed by atoms with Crippen LogP contribution in [0.3, 0.4) is 0 Å². The monoisotopic (exact) mass is 413 g/mol. The number of nitrogens with one attached hydrogen (secondary N) is 2. The van der Waals surface area contributed by atoms with Crippen molar-refractivity contribution in [2.24, 2.45) is 5.92 Å². The summed E-state index contributed by atoms with van der Waals surface area (Å²) >= 11 is 0. The fourth-order valence-corrected chi connectivity index (χ4v) is 4.57. The van der Waals surface area contributed by atoms with E-state index in [2.05, 4.69) is 15.3 Å². The lowest BCUT2D eigenvalue weighted by molar-refractivity contribution is -0.119. The van der Waals surface area contributed by atoms with Crippen LogP contribution in [-0.4, -0.2) is 28.0 Å². The topological polar surface area (TPSA) is 102 Å². The molecule has 1 aromatic carbocycles. The third-order valence-electron chi connectivity index (χ3n) is 5.93. The molecule has 1 aromatic heterocycles. The zero-order valence-electron chi connectivity index (χ0n) is 16.6. The minimum absolute atomic E-state index is 0.0184. The first-order chi connectivity index (χ1) is 14.3. The number of carbonyl (C=O) groups excluding carboxylic acids is 1. The molecule has 4 rings (SSSR count). The van der Waals surface area contributed by atoms with Crippen molar-refractivity contribution >= 4 is 17.7 Å². The van der Waals surface area contributed by atoms with Gasteiger partial charge in [-0.3, -0.25) is 14.6 Å². The molecule has 0 radical (unpaired) electrons. The summed E-state index contributed by atoms with van der Waals surface area (Å²) in [6, 6.07) is 4.90. The molecule has 4 unspecified atom stereocenters. The van der Waals surface area contributed by atoms with Crippen LogP contribution in [0.2, 0.25) is 0 Å². The molecule has 2 N–H and O–H groups in total. The molecular weight excluding hydrogens is 392 g/mol. The fraction of sp³-hybridized carbons (Fsp3) is 0.429. The van der Waals surface area contributed by atoms with E-state index in [4.69, 9.17) is 0 Å². The summed E-state index contributed by atoms with van der Waals surface area (Å²) in [6.07, 6.45) is 2.96. The van der Waals surface area contributed by atoms with Crippen molar-refractivity contribution in [2.45, 2.75) is 51.1 Å². The average molecular weight is 413 g/mol. The molecule has 30 heavy (non-hydrogen) atoms. The van der Waals surface area contributed by atoms with Crippen LogP contribution < -0.4 is 15.8 Å². The first-order valence-electron chi connectivity index (χ1n) is 9.89. The molecule has 3 heterocycles. The number of rotatable bonds is 2. The molecule has 1 saturated heterocycles. The van der Waals surface area contributed by atoms with Crippen LogP contribution in [0.4, 0.5) is 20.5 Å². The molecule has 0 spiro atoms. The van der Waals surface area contributed by atoms with E-state index >= 15 is 0 Å². The molecule has 156 valence electrons. The minimum Gasteiger partial charge on any atom is -0.337 e. The van der Waals surface area contributed by atoms with Gasteiger partial charge in [0, 0.05) is 24.1 Å². The van der Waals surface area contributed by atoms with Gasteiger partial charge in [-0.2, -0.15) is 10.2 Å². The summed E-state index contributed by atoms with van der Waals surface area (Å²) in [5.74, 6) is -4.48. The Bertz CT molecular complexity index is 1080. The quantitative estimate of drug-likeness (QED) is 0.788. The van der Waals surface area contributed by atoms with Crippen LogP contribution in [0.15, 0.2) is 23.0 Å². The van der Waals surface area contributed by atoms with Crippen molar-refractivity contribution in [1.29, 1.82) is 5.26 Å². The van der Waals surface area contributed by atoms with Crippen LogP contribution in [0.1, 0.15) is 50.2 Å². The van der Waals surface area contributed by atoms with Gasteiger partial charge in [0.15, 0.2) is 0 Å². The second-order valence-corrected chi connectivity index (χ2v) is 7.96. The van der Waals surface area contributed by atoms with E-state index in [9.17, 15) is 23.6 Å². The zero-order chi connectivity index (χ0) is 21.6. The van der Waals surface area contributed by atoms with Crippen molar-refractivity contribution in [1.82, 2.24) is 9.97 Å². The predicted molar refractivity (Wildman–Crippen MR) is 106 cm³/mol. The molecule has 2 aliphatic heterocycles. The fourth-order valence-electron chi connectivity index (χ4n) is 4.57. The Morgan fingerprint density at radius 2 is 1.77 bits per heavy atom. The molecule has 0 aliphatic carbocycles. The Hall–Kier alpha value is -3.28. The highest BCUT2D eigenvalue weighted by atomic mass is 19.1. The summed E-state index contributed by atoms with van der Waals surface area (Å²) in [6.45, 7) is 4.08. The molecule has 2 aliphatic rings. The van der Waals surface area contributed by atoms with Gasteiger partial charge in [-0.15, -0.1) is 0 Å². The van der Waals surface area contributed by atoms with Crippen molar-refractivity contribution in [2.75, 3.05) is 10.2 Å². The van der Waals surface area contributed by atoms with Crippen LogP contribution in [0.5, 0.6) is 0 Å². The summed E-state index contributed by atoms with van der Waals surface area (Å²) < 4.78 is 27.7. The molecule has 9 heteroatoms. The standard InChI is InChI=1S/C21H21F2N5O2/c1-10-4-3-5-11(2)28(10)21-26-18-17(20(30)27-21)16(15(9-24)19(29)25-18)12-6-13(22)8-14(23)7-12/h6-8,10-11,15-16H,3-5H2,1-2H3,(H2,25,26,27,29,30). The molecular formula is C21H21F2N5O2. The summed E-state index contributed by atoms with van der Waals surface area (Å²) in [7, 11) is 0. The number of hydrogen-bond acceptors (Lipinski definition) is 5. The highest BCUT2D eigenvalue weighted by molar-refractivity contribution is 5.98. The molecule has 0 bridgehead atoms. The number of nitrogens with zero attached hydrogens (tertiary/aromatic N) is 3. The summed E-state index contributed by atoms with van der Waals surface area (Å²) in [4.78, 5) is 34.9. The number of amides is 1. The van der Waals surface area contributed by atoms with Gasteiger partial charge >= 0.3 is 0 Å². The van der Waals surface area contributed by atoms with Gasteiger partial charge in [0.25, 0.3) is 5.56 Å². The third kappa shape index (κ3) is 3.32. The lowest BCUT2D eigenvalue weighted by Gasteiger charge is -2.40. The van der Waals surface area contributed by atoms with Gasteiger partial charge in [0.05, 0.1) is 11.6 Å². The van der Waals surface area contributed by atoms with Crippen molar-refractivity contribution in [3.8, 4) is 6.07 Å². The number of aromatic amines is 1. The maximum atomic E-state index is 13.8. The first kappa shape index (κ1) is 20.0. The molecule has 1 fully saturated rings. The predicted octanol–water partition coefficient (Wildman–Crippen LogP) is 3.04. The van der Waals surface area contributed by atoms with Crippen LogP contribution in [0, 0.1) is 28.9 Å². The largest absolute Gasteiger partial charge is 0.337 e. The number of hydrogen-bond donors (Lipinski definition) is 2. The smallest absolute Gasteiger partial charge is 0.258 e. The number of carbonyl (C=O) groups is 1. The average Bonchev–Trinajstić information content (AvgIpc) is 2.66. The number of anilines is 2. The second kappa shape index (κ2) is 7.52. The van der Waals surface area contributed by atoms with Crippen LogP contribution in [0.25, 0.3) is 0 Å². The van der Waals surface area contributed by atoms with Gasteiger partial charge in [-0.25, -0.2) is 8.78 Å². The maximum Gasteiger partial charge on any atom is 0.258 e. The Morgan fingerprint density at radius 1 is 1.13 bits per heavy atom. The number of halogens is 2. The molecule has 4 atom stereocenters. The maximum absolute atomic E-state index is 13.8. The second-order valence-electron chi connectivity index (χ2n) is 7.96. The van der Waals surface area contributed by atoms with Gasteiger partial charge in [0.2, 0.25) is 11.9 Å². The summed E-state index contributed by atoms with van der Waals surface area (Å²) in [5.41, 5.74) is -0.489. The van der Waals surface area contributed by atoms with Crippen LogP contribution >= 0.6 is 0 Å². The third-order valence-corrected chi connectivity index (χ3v) is 5.93. The summed E-state index contributed by atoms with van der Waals surface area (Å²) in [5, 5.41) is 12.1. The van der Waals surface area contributed by atoms with E-state index < -0.39 is 34.9 Å². The highest BCUT2D eigenvalue weighted by Crippen LogP contribution is 2.39. The zero-order valence-corrected chi connectivity index (χ0v) is 16.6. The van der Waals surface area contributed by atoms with Crippen molar-refractivity contribution in [3.05, 3.63) is 51.3 Å². The highest BCUT2D eigenvalue weighted by Gasteiger charge is 2.41. The van der Waals surface area contributed by atoms with Crippen molar-refractivity contribution < 1.29 is 13.6 Å². The van der Waals surface area contributed by atoms with Crippen LogP contribution in [-0.2, 0) is 4.79 Å². The molecule has 1 amide bonds. The van der Waals surface area contributed by atoms with E-state index in [1.807, 2.05) is 24.8 Å². The molecule has 2 aromatic rings. The van der Waals surface area contributed by atoms with Gasteiger partial charge in [0.1, 0.15) is 23.4 Å². The number of piperidine rings is 1. The van der Waals surface area contributed by atoms with Gasteiger partial charge in [-0.05, 0) is 50.8 Å². The molecule has 0 saturated carbocycles. The number of nitriles is 1. The number of benzene rings is 1. The number of fused-ring (bicyclic) bond motifs is 1. The molecule has 7 nitrogen and oxygen atoms in total. The number of aromatic nitrogens is 2. The Balaban J connectivity index is 1.88. The number of H-pyrrole nitrogens is 1. The van der Waals surface area contributed by atoms with Gasteiger partial charge in [-0.1, -0.05) is 0 Å². The lowest BCUT2D eigenvalue weighted by atomic mass is 9.79. The van der Waals surface area contributed by atoms with Crippen molar-refractivity contribution in [3.63, 3.8) is 0 Å². The van der Waals surface area contributed by atoms with E-state index in [1.54, 1.807) is 0 Å². The SMILES string of the molecule is CC1CCCC(C)N1c1nc2c(c(=O)[nH]1)C(c1cc(F)cc(F)c1)C(C#N)C(=O)N2. The van der Waals surface area contributed by atoms with E-state index in [0.717, 1.165) is 31.4 Å². The lowest BCUT2D eigenvalue weighted by Crippen LogP contribution is -2.46. The first-order valence-corrected chi connectivity index (χ1v) is 9.89. The van der Waals surface area contributed by atoms with E-state index in [-0.39, 0.29) is 29.0 Å². The van der Waals surface area contributed by atoms with E-state index in [0.29, 0.717) is 12.0 Å². The normalized spacial score (nSPS) is 26.0. The minimum atomic E-state index is -1.32. The van der Waals surface area contributed by atoms with Gasteiger partial charge < -0.3 is 10.2 Å². The van der Waals surface area contributed by atoms with E-state index in [1.165, 1.54) is 0 Å².